The second-order valence-corrected chi connectivity index (χ2v) is 7.71. The highest BCUT2D eigenvalue weighted by atomic mass is 32.2. The lowest BCUT2D eigenvalue weighted by atomic mass is 10.2. The fraction of sp³-hybridized carbons (Fsp3) is 0.769. The Balaban J connectivity index is 1.50. The first-order chi connectivity index (χ1) is 10.3. The molecule has 21 heavy (non-hydrogen) atoms. The lowest BCUT2D eigenvalue weighted by Crippen LogP contribution is -2.30. The summed E-state index contributed by atoms with van der Waals surface area (Å²) in [4.78, 5) is 11.9. The van der Waals surface area contributed by atoms with Gasteiger partial charge in [0.05, 0.1) is 11.4 Å². The zero-order chi connectivity index (χ0) is 14.5. The molecule has 0 spiro atoms. The summed E-state index contributed by atoms with van der Waals surface area (Å²) in [6, 6.07) is 0. The summed E-state index contributed by atoms with van der Waals surface area (Å²) < 4.78 is 6.42. The van der Waals surface area contributed by atoms with Crippen LogP contribution < -0.4 is 10.6 Å². The molecule has 0 bridgehead atoms. The average molecular weight is 328 g/mol. The largest absolute Gasteiger partial charge is 0.376 e. The minimum atomic E-state index is -0.0357. The molecule has 2 aliphatic rings. The summed E-state index contributed by atoms with van der Waals surface area (Å²) in [5, 5.41) is 15.3. The van der Waals surface area contributed by atoms with Gasteiger partial charge in [0.15, 0.2) is 4.34 Å². The summed E-state index contributed by atoms with van der Waals surface area (Å²) in [5.41, 5.74) is 0. The third kappa shape index (κ3) is 4.31. The average Bonchev–Trinajstić information content (AvgIpc) is 3.10. The molecule has 2 aliphatic heterocycles. The van der Waals surface area contributed by atoms with Crippen molar-refractivity contribution >= 4 is 34.1 Å². The number of hydrogen-bond acceptors (Lipinski definition) is 7. The number of carbonyl (C=O) groups is 1. The maximum Gasteiger partial charge on any atom is 0.233 e. The SMILES string of the molecule is O=C1NCCCC[C@H]1Sc1nnc(NC[C@H]2CCCO2)s1. The predicted molar refractivity (Wildman–Crippen MR) is 83.9 cm³/mol. The first-order valence-corrected chi connectivity index (χ1v) is 9.14. The van der Waals surface area contributed by atoms with E-state index < -0.39 is 0 Å². The minimum Gasteiger partial charge on any atom is -0.376 e. The Morgan fingerprint density at radius 2 is 2.29 bits per heavy atom. The number of thioether (sulfide) groups is 1. The lowest BCUT2D eigenvalue weighted by Gasteiger charge is -2.10. The number of rotatable bonds is 5. The van der Waals surface area contributed by atoms with Crippen molar-refractivity contribution in [3.05, 3.63) is 0 Å². The molecule has 1 amide bonds. The van der Waals surface area contributed by atoms with Crippen molar-refractivity contribution in [2.75, 3.05) is 25.0 Å². The number of anilines is 1. The van der Waals surface area contributed by atoms with Gasteiger partial charge in [0.25, 0.3) is 0 Å². The maximum atomic E-state index is 11.9. The van der Waals surface area contributed by atoms with E-state index in [2.05, 4.69) is 20.8 Å². The molecule has 116 valence electrons. The molecule has 2 fully saturated rings. The van der Waals surface area contributed by atoms with Crippen LogP contribution in [0.25, 0.3) is 0 Å². The van der Waals surface area contributed by atoms with E-state index in [4.69, 9.17) is 4.74 Å². The number of amides is 1. The second kappa shape index (κ2) is 7.42. The summed E-state index contributed by atoms with van der Waals surface area (Å²) >= 11 is 3.04. The molecule has 0 aliphatic carbocycles. The highest BCUT2D eigenvalue weighted by Gasteiger charge is 2.23. The van der Waals surface area contributed by atoms with Gasteiger partial charge in [-0.25, -0.2) is 0 Å². The Bertz CT molecular complexity index is 476. The first-order valence-electron chi connectivity index (χ1n) is 7.44. The quantitative estimate of drug-likeness (QED) is 0.860. The third-order valence-corrected chi connectivity index (χ3v) is 5.87. The molecule has 0 radical (unpaired) electrons. The fourth-order valence-corrected chi connectivity index (χ4v) is 4.55. The van der Waals surface area contributed by atoms with Gasteiger partial charge in [-0.1, -0.05) is 29.5 Å². The first kappa shape index (κ1) is 15.1. The number of hydrogen-bond donors (Lipinski definition) is 2. The minimum absolute atomic E-state index is 0.0357. The van der Waals surface area contributed by atoms with Crippen LogP contribution in [0, 0.1) is 0 Å². The van der Waals surface area contributed by atoms with Gasteiger partial charge in [-0.05, 0) is 25.7 Å². The molecule has 2 saturated heterocycles. The Labute approximate surface area is 132 Å². The van der Waals surface area contributed by atoms with Crippen molar-refractivity contribution in [2.24, 2.45) is 0 Å². The van der Waals surface area contributed by atoms with E-state index in [1.165, 1.54) is 23.1 Å². The highest BCUT2D eigenvalue weighted by Crippen LogP contribution is 2.32. The van der Waals surface area contributed by atoms with Gasteiger partial charge < -0.3 is 15.4 Å². The van der Waals surface area contributed by atoms with Crippen LogP contribution >= 0.6 is 23.1 Å². The van der Waals surface area contributed by atoms with Crippen LogP contribution in [-0.2, 0) is 9.53 Å². The molecule has 0 saturated carbocycles. The van der Waals surface area contributed by atoms with Gasteiger partial charge in [0, 0.05) is 19.7 Å². The molecule has 2 N–H and O–H groups in total. The van der Waals surface area contributed by atoms with E-state index in [0.29, 0.717) is 0 Å². The molecule has 1 aromatic rings. The molecule has 3 heterocycles. The highest BCUT2D eigenvalue weighted by molar-refractivity contribution is 8.02. The number of carbonyl (C=O) groups excluding carboxylic acids is 1. The second-order valence-electron chi connectivity index (χ2n) is 5.28. The molecule has 3 rings (SSSR count). The molecule has 2 atom stereocenters. The lowest BCUT2D eigenvalue weighted by molar-refractivity contribution is -0.120. The Morgan fingerprint density at radius 1 is 1.33 bits per heavy atom. The molecular weight excluding hydrogens is 308 g/mol. The zero-order valence-corrected chi connectivity index (χ0v) is 13.5. The van der Waals surface area contributed by atoms with Gasteiger partial charge in [-0.15, -0.1) is 10.2 Å². The van der Waals surface area contributed by atoms with Gasteiger partial charge in [-0.2, -0.15) is 0 Å². The molecule has 0 unspecified atom stereocenters. The van der Waals surface area contributed by atoms with Crippen molar-refractivity contribution in [1.82, 2.24) is 15.5 Å². The van der Waals surface area contributed by atoms with Crippen LogP contribution in [0.3, 0.4) is 0 Å². The van der Waals surface area contributed by atoms with Crippen molar-refractivity contribution in [2.45, 2.75) is 47.8 Å². The number of nitrogens with zero attached hydrogens (tertiary/aromatic N) is 2. The Morgan fingerprint density at radius 3 is 3.14 bits per heavy atom. The molecule has 1 aromatic heterocycles. The molecular formula is C13H20N4O2S2. The van der Waals surface area contributed by atoms with E-state index in [-0.39, 0.29) is 17.3 Å². The zero-order valence-electron chi connectivity index (χ0n) is 11.8. The van der Waals surface area contributed by atoms with Gasteiger partial charge in [0.2, 0.25) is 11.0 Å². The van der Waals surface area contributed by atoms with E-state index in [1.54, 1.807) is 0 Å². The Hall–Kier alpha value is -0.860. The normalized spacial score (nSPS) is 26.4. The standard InChI is InChI=1S/C13H20N4O2S2/c18-11-10(5-1-2-6-14-11)20-13-17-16-12(21-13)15-8-9-4-3-7-19-9/h9-10H,1-8H2,(H,14,18)(H,15,16)/t9-,10-/m1/s1. The third-order valence-electron chi connectivity index (χ3n) is 3.64. The monoisotopic (exact) mass is 328 g/mol. The number of nitrogens with one attached hydrogen (secondary N) is 2. The smallest absolute Gasteiger partial charge is 0.233 e. The fourth-order valence-electron chi connectivity index (χ4n) is 2.48. The topological polar surface area (TPSA) is 76.1 Å². The Kier molecular flexibility index (Phi) is 5.32. The van der Waals surface area contributed by atoms with Crippen molar-refractivity contribution in [1.29, 1.82) is 0 Å². The van der Waals surface area contributed by atoms with E-state index in [9.17, 15) is 4.79 Å². The molecule has 8 heteroatoms. The van der Waals surface area contributed by atoms with Gasteiger partial charge in [0.1, 0.15) is 0 Å². The van der Waals surface area contributed by atoms with Crippen LogP contribution in [0.5, 0.6) is 0 Å². The van der Waals surface area contributed by atoms with Gasteiger partial charge in [-0.3, -0.25) is 4.79 Å². The van der Waals surface area contributed by atoms with Crippen LogP contribution in [0.4, 0.5) is 5.13 Å². The van der Waals surface area contributed by atoms with E-state index in [0.717, 1.165) is 61.3 Å². The summed E-state index contributed by atoms with van der Waals surface area (Å²) in [7, 11) is 0. The van der Waals surface area contributed by atoms with Crippen LogP contribution in [0.2, 0.25) is 0 Å². The predicted octanol–water partition coefficient (Wildman–Crippen LogP) is 1.89. The number of aromatic nitrogens is 2. The van der Waals surface area contributed by atoms with Gasteiger partial charge >= 0.3 is 0 Å². The molecule has 0 aromatic carbocycles. The summed E-state index contributed by atoms with van der Waals surface area (Å²) in [6.45, 7) is 2.43. The maximum absolute atomic E-state index is 11.9. The summed E-state index contributed by atoms with van der Waals surface area (Å²) in [5.74, 6) is 0.126. The summed E-state index contributed by atoms with van der Waals surface area (Å²) in [6.07, 6.45) is 5.59. The number of ether oxygens (including phenoxy) is 1. The van der Waals surface area contributed by atoms with Crippen molar-refractivity contribution < 1.29 is 9.53 Å². The van der Waals surface area contributed by atoms with Crippen LogP contribution in [-0.4, -0.2) is 47.2 Å². The van der Waals surface area contributed by atoms with E-state index >= 15 is 0 Å². The van der Waals surface area contributed by atoms with Crippen molar-refractivity contribution in [3.8, 4) is 0 Å². The van der Waals surface area contributed by atoms with Crippen LogP contribution in [0.1, 0.15) is 32.1 Å². The van der Waals surface area contributed by atoms with Crippen LogP contribution in [0.15, 0.2) is 4.34 Å². The van der Waals surface area contributed by atoms with Crippen molar-refractivity contribution in [3.63, 3.8) is 0 Å². The molecule has 6 nitrogen and oxygen atoms in total. The van der Waals surface area contributed by atoms with E-state index in [1.807, 2.05) is 0 Å².